The third-order valence-corrected chi connectivity index (χ3v) is 4.30. The second-order valence-corrected chi connectivity index (χ2v) is 6.91. The Labute approximate surface area is 186 Å². The minimum atomic E-state index is -4.63. The molecule has 2 aromatic carbocycles. The maximum absolute atomic E-state index is 13.0. The number of carbonyl (C=O) groups is 1. The molecule has 10 heteroatoms. The van der Waals surface area contributed by atoms with Crippen molar-refractivity contribution >= 4 is 29.3 Å². The molecular weight excluding hydrogens is 447 g/mol. The van der Waals surface area contributed by atoms with Crippen molar-refractivity contribution in [2.24, 2.45) is 0 Å². The van der Waals surface area contributed by atoms with Crippen LogP contribution in [0.5, 0.6) is 17.4 Å². The first-order valence-corrected chi connectivity index (χ1v) is 9.55. The van der Waals surface area contributed by atoms with Gasteiger partial charge in [0.2, 0.25) is 11.8 Å². The van der Waals surface area contributed by atoms with E-state index in [-0.39, 0.29) is 29.1 Å². The van der Waals surface area contributed by atoms with Gasteiger partial charge in [-0.15, -0.1) is 0 Å². The largest absolute Gasteiger partial charge is 0.493 e. The van der Waals surface area contributed by atoms with E-state index >= 15 is 0 Å². The monoisotopic (exact) mass is 463 g/mol. The highest BCUT2D eigenvalue weighted by Crippen LogP contribution is 2.34. The van der Waals surface area contributed by atoms with Gasteiger partial charge in [0.1, 0.15) is 5.82 Å². The lowest BCUT2D eigenvalue weighted by molar-refractivity contribution is -0.141. The SMILES string of the molecule is COc1cc(C=CC(=O)Nc2ccc(Cl)cc2)ccc1Oc1cc(C(F)(F)F)nc(C)n1. The fourth-order valence-electron chi connectivity index (χ4n) is 2.61. The molecule has 0 aliphatic carbocycles. The molecule has 1 N–H and O–H groups in total. The molecule has 1 heterocycles. The molecule has 1 aromatic heterocycles. The van der Waals surface area contributed by atoms with Crippen molar-refractivity contribution in [3.63, 3.8) is 0 Å². The van der Waals surface area contributed by atoms with Crippen LogP contribution in [0.2, 0.25) is 5.02 Å². The standard InChI is InChI=1S/C22H17ClF3N3O3/c1-13-27-19(22(24,25)26)12-21(28-13)32-17-9-3-14(11-18(17)31-2)4-10-20(30)29-16-7-5-15(23)6-8-16/h3-12H,1-2H3,(H,29,30). The average Bonchev–Trinajstić information content (AvgIpc) is 2.73. The summed E-state index contributed by atoms with van der Waals surface area (Å²) in [6.07, 6.45) is -1.75. The Balaban J connectivity index is 1.75. The van der Waals surface area contributed by atoms with Crippen LogP contribution >= 0.6 is 11.6 Å². The summed E-state index contributed by atoms with van der Waals surface area (Å²) in [6, 6.07) is 12.0. The first-order valence-electron chi connectivity index (χ1n) is 9.17. The first-order chi connectivity index (χ1) is 15.1. The molecule has 166 valence electrons. The van der Waals surface area contributed by atoms with Gasteiger partial charge < -0.3 is 14.8 Å². The van der Waals surface area contributed by atoms with Gasteiger partial charge in [-0.2, -0.15) is 18.2 Å². The molecule has 0 atom stereocenters. The number of nitrogens with one attached hydrogen (secondary N) is 1. The summed E-state index contributed by atoms with van der Waals surface area (Å²) in [4.78, 5) is 19.3. The van der Waals surface area contributed by atoms with Crippen LogP contribution in [-0.2, 0) is 11.0 Å². The number of anilines is 1. The molecule has 0 aliphatic heterocycles. The molecule has 0 fully saturated rings. The Kier molecular flexibility index (Phi) is 6.99. The Morgan fingerprint density at radius 1 is 1.06 bits per heavy atom. The van der Waals surface area contributed by atoms with Crippen LogP contribution in [0.1, 0.15) is 17.1 Å². The zero-order valence-electron chi connectivity index (χ0n) is 16.9. The van der Waals surface area contributed by atoms with Gasteiger partial charge in [-0.3, -0.25) is 4.79 Å². The van der Waals surface area contributed by atoms with Crippen LogP contribution in [0.25, 0.3) is 6.08 Å². The normalized spacial score (nSPS) is 11.4. The highest BCUT2D eigenvalue weighted by molar-refractivity contribution is 6.30. The molecule has 0 radical (unpaired) electrons. The van der Waals surface area contributed by atoms with Crippen LogP contribution in [0.4, 0.5) is 18.9 Å². The maximum Gasteiger partial charge on any atom is 0.433 e. The van der Waals surface area contributed by atoms with Crippen LogP contribution < -0.4 is 14.8 Å². The number of aryl methyl sites for hydroxylation is 1. The molecule has 0 spiro atoms. The van der Waals surface area contributed by atoms with Gasteiger partial charge in [-0.05, 0) is 55.0 Å². The summed E-state index contributed by atoms with van der Waals surface area (Å²) >= 11 is 5.81. The quantitative estimate of drug-likeness (QED) is 0.460. The Morgan fingerprint density at radius 2 is 1.78 bits per heavy atom. The predicted octanol–water partition coefficient (Wildman–Crippen LogP) is 5.91. The number of nitrogens with zero attached hydrogens (tertiary/aromatic N) is 2. The molecule has 0 saturated carbocycles. The first kappa shape index (κ1) is 23.1. The van der Waals surface area contributed by atoms with Gasteiger partial charge in [0.15, 0.2) is 17.2 Å². The number of ether oxygens (including phenoxy) is 2. The summed E-state index contributed by atoms with van der Waals surface area (Å²) in [5.41, 5.74) is 0.0873. The zero-order valence-corrected chi connectivity index (χ0v) is 17.7. The number of carbonyl (C=O) groups excluding carboxylic acids is 1. The van der Waals surface area contributed by atoms with E-state index in [4.69, 9.17) is 21.1 Å². The summed E-state index contributed by atoms with van der Waals surface area (Å²) in [6.45, 7) is 1.34. The van der Waals surface area contributed by atoms with E-state index in [9.17, 15) is 18.0 Å². The lowest BCUT2D eigenvalue weighted by Crippen LogP contribution is -2.10. The smallest absolute Gasteiger partial charge is 0.433 e. The lowest BCUT2D eigenvalue weighted by Gasteiger charge is -2.12. The molecule has 3 aromatic rings. The number of methoxy groups -OCH3 is 1. The van der Waals surface area contributed by atoms with E-state index in [1.165, 1.54) is 26.2 Å². The molecule has 1 amide bonds. The van der Waals surface area contributed by atoms with Crippen molar-refractivity contribution in [2.75, 3.05) is 12.4 Å². The van der Waals surface area contributed by atoms with E-state index in [0.29, 0.717) is 22.3 Å². The van der Waals surface area contributed by atoms with E-state index in [1.807, 2.05) is 0 Å². The number of benzene rings is 2. The van der Waals surface area contributed by atoms with Crippen LogP contribution in [-0.4, -0.2) is 23.0 Å². The van der Waals surface area contributed by atoms with Gasteiger partial charge in [-0.25, -0.2) is 4.98 Å². The highest BCUT2D eigenvalue weighted by Gasteiger charge is 2.33. The van der Waals surface area contributed by atoms with E-state index in [2.05, 4.69) is 15.3 Å². The molecule has 0 saturated heterocycles. The molecule has 0 bridgehead atoms. The van der Waals surface area contributed by atoms with Crippen molar-refractivity contribution in [3.8, 4) is 17.4 Å². The van der Waals surface area contributed by atoms with Crippen molar-refractivity contribution in [1.82, 2.24) is 9.97 Å². The van der Waals surface area contributed by atoms with E-state index in [1.54, 1.807) is 42.5 Å². The van der Waals surface area contributed by atoms with Gasteiger partial charge >= 0.3 is 6.18 Å². The predicted molar refractivity (Wildman–Crippen MR) is 114 cm³/mol. The summed E-state index contributed by atoms with van der Waals surface area (Å²) in [5, 5.41) is 3.24. The molecule has 3 rings (SSSR count). The Morgan fingerprint density at radius 3 is 2.44 bits per heavy atom. The maximum atomic E-state index is 13.0. The van der Waals surface area contributed by atoms with Crippen LogP contribution in [0, 0.1) is 6.92 Å². The van der Waals surface area contributed by atoms with Crippen LogP contribution in [0.15, 0.2) is 54.6 Å². The summed E-state index contributed by atoms with van der Waals surface area (Å²) < 4.78 is 49.7. The number of halogens is 4. The van der Waals surface area contributed by atoms with Crippen molar-refractivity contribution in [1.29, 1.82) is 0 Å². The molecule has 0 aliphatic rings. The lowest BCUT2D eigenvalue weighted by atomic mass is 10.2. The van der Waals surface area contributed by atoms with E-state index in [0.717, 1.165) is 0 Å². The molecule has 6 nitrogen and oxygen atoms in total. The van der Waals surface area contributed by atoms with Crippen molar-refractivity contribution in [3.05, 3.63) is 76.7 Å². The number of alkyl halides is 3. The Bertz CT molecular complexity index is 1150. The van der Waals surface area contributed by atoms with Gasteiger partial charge in [0, 0.05) is 22.9 Å². The third-order valence-electron chi connectivity index (χ3n) is 4.05. The zero-order chi connectivity index (χ0) is 23.3. The number of aromatic nitrogens is 2. The van der Waals surface area contributed by atoms with Crippen molar-refractivity contribution in [2.45, 2.75) is 13.1 Å². The van der Waals surface area contributed by atoms with Crippen LogP contribution in [0.3, 0.4) is 0 Å². The fraction of sp³-hybridized carbons (Fsp3) is 0.136. The van der Waals surface area contributed by atoms with E-state index < -0.39 is 11.9 Å². The summed E-state index contributed by atoms with van der Waals surface area (Å²) in [7, 11) is 1.38. The average molecular weight is 464 g/mol. The topological polar surface area (TPSA) is 73.3 Å². The number of hydrogen-bond acceptors (Lipinski definition) is 5. The highest BCUT2D eigenvalue weighted by atomic mass is 35.5. The van der Waals surface area contributed by atoms with Gasteiger partial charge in [0.05, 0.1) is 7.11 Å². The molecular formula is C22H17ClF3N3O3. The summed E-state index contributed by atoms with van der Waals surface area (Å²) in [5.74, 6) is -0.312. The fourth-order valence-corrected chi connectivity index (χ4v) is 2.74. The second-order valence-electron chi connectivity index (χ2n) is 6.48. The van der Waals surface area contributed by atoms with Gasteiger partial charge in [-0.1, -0.05) is 17.7 Å². The minimum absolute atomic E-state index is 0.0833. The number of hydrogen-bond donors (Lipinski definition) is 1. The third kappa shape index (κ3) is 6.21. The molecule has 32 heavy (non-hydrogen) atoms. The van der Waals surface area contributed by atoms with Crippen molar-refractivity contribution < 1.29 is 27.4 Å². The van der Waals surface area contributed by atoms with Gasteiger partial charge in [0.25, 0.3) is 0 Å². The minimum Gasteiger partial charge on any atom is -0.493 e. The number of amides is 1. The number of rotatable bonds is 6. The molecule has 0 unspecified atom stereocenters. The second kappa shape index (κ2) is 9.69. The Hall–Kier alpha value is -3.59.